The monoisotopic (exact) mass is 144 g/mol. The second kappa shape index (κ2) is 8.17. The van der Waals surface area contributed by atoms with E-state index in [0.717, 1.165) is 0 Å². The quantitative estimate of drug-likeness (QED) is 0.362. The van der Waals surface area contributed by atoms with Crippen molar-refractivity contribution in [2.75, 3.05) is 6.16 Å². The van der Waals surface area contributed by atoms with Crippen molar-refractivity contribution in [3.63, 3.8) is 0 Å². The van der Waals surface area contributed by atoms with Gasteiger partial charge in [-0.1, -0.05) is 19.1 Å². The summed E-state index contributed by atoms with van der Waals surface area (Å²) in [5, 5.41) is 0. The van der Waals surface area contributed by atoms with Crippen LogP contribution in [0.3, 0.4) is 0 Å². The Morgan fingerprint density at radius 2 is 1.56 bits per heavy atom. The summed E-state index contributed by atoms with van der Waals surface area (Å²) >= 11 is 0. The van der Waals surface area contributed by atoms with Gasteiger partial charge in [0.05, 0.1) is 0 Å². The Balaban J connectivity index is 0.000000187. The smallest absolute Gasteiger partial charge is 0.0351 e. The lowest BCUT2D eigenvalue weighted by molar-refractivity contribution is 0.730. The molecule has 0 aromatic heterocycles. The molecule has 1 unspecified atom stereocenters. The molecule has 0 fully saturated rings. The normalized spacial score (nSPS) is 16.2. The van der Waals surface area contributed by atoms with Crippen LogP contribution >= 0.6 is 9.24 Å². The Bertz CT molecular complexity index is 59.0. The van der Waals surface area contributed by atoms with E-state index in [1.54, 1.807) is 0 Å². The molecule has 0 radical (unpaired) electrons. The fourth-order valence-corrected chi connectivity index (χ4v) is 0.760. The number of rotatable bonds is 0. The second-order valence-electron chi connectivity index (χ2n) is 2.16. The van der Waals surface area contributed by atoms with Crippen LogP contribution in [0.1, 0.15) is 32.6 Å². The first-order valence-electron chi connectivity index (χ1n) is 3.77. The van der Waals surface area contributed by atoms with E-state index < -0.39 is 0 Å². The first kappa shape index (κ1) is 9.17. The zero-order chi connectivity index (χ0) is 6.95. The van der Waals surface area contributed by atoms with Crippen molar-refractivity contribution in [1.82, 2.24) is 0 Å². The molecule has 1 heteroatoms. The highest BCUT2D eigenvalue weighted by molar-refractivity contribution is 7.16. The van der Waals surface area contributed by atoms with Gasteiger partial charge in [0.1, 0.15) is 0 Å². The van der Waals surface area contributed by atoms with Crippen molar-refractivity contribution in [2.45, 2.75) is 32.6 Å². The molecular formula is C8H17P. The zero-order valence-corrected chi connectivity index (χ0v) is 7.42. The summed E-state index contributed by atoms with van der Waals surface area (Å²) in [5.41, 5.74) is 0. The SMILES string of the molecule is C1=CCCCC1.CCP. The van der Waals surface area contributed by atoms with E-state index in [1.807, 2.05) is 0 Å². The van der Waals surface area contributed by atoms with Crippen molar-refractivity contribution in [2.24, 2.45) is 0 Å². The van der Waals surface area contributed by atoms with Crippen LogP contribution < -0.4 is 0 Å². The molecule has 0 nitrogen and oxygen atoms in total. The average molecular weight is 144 g/mol. The predicted molar refractivity (Wildman–Crippen MR) is 47.9 cm³/mol. The van der Waals surface area contributed by atoms with Crippen LogP contribution in [0.2, 0.25) is 0 Å². The van der Waals surface area contributed by atoms with Crippen LogP contribution in [-0.4, -0.2) is 6.16 Å². The van der Waals surface area contributed by atoms with Gasteiger partial charge >= 0.3 is 0 Å². The van der Waals surface area contributed by atoms with Gasteiger partial charge in [-0.05, 0) is 31.8 Å². The standard InChI is InChI=1S/C6H10.C2H7P/c1-2-4-6-5-3-1;1-2-3/h1-2H,3-6H2;2-3H2,1H3. The molecule has 1 atom stereocenters. The molecule has 0 amide bonds. The average Bonchev–Trinajstić information content (AvgIpc) is 1.93. The van der Waals surface area contributed by atoms with Gasteiger partial charge in [-0.15, -0.1) is 9.24 Å². The molecule has 1 rings (SSSR count). The Morgan fingerprint density at radius 1 is 1.22 bits per heavy atom. The van der Waals surface area contributed by atoms with Gasteiger partial charge in [0.2, 0.25) is 0 Å². The summed E-state index contributed by atoms with van der Waals surface area (Å²) in [6.07, 6.45) is 11.2. The molecule has 0 aromatic rings. The Hall–Kier alpha value is 0.170. The highest BCUT2D eigenvalue weighted by Crippen LogP contribution is 2.07. The third kappa shape index (κ3) is 8.17. The molecule has 1 aliphatic carbocycles. The molecule has 1 aliphatic rings. The Labute approximate surface area is 60.9 Å². The highest BCUT2D eigenvalue weighted by atomic mass is 31.0. The lowest BCUT2D eigenvalue weighted by Gasteiger charge is -1.97. The molecule has 9 heavy (non-hydrogen) atoms. The van der Waals surface area contributed by atoms with Crippen molar-refractivity contribution in [3.05, 3.63) is 12.2 Å². The maximum Gasteiger partial charge on any atom is -0.0351 e. The first-order valence-corrected chi connectivity index (χ1v) is 4.58. The molecule has 54 valence electrons. The summed E-state index contributed by atoms with van der Waals surface area (Å²) in [5.74, 6) is 0. The first-order chi connectivity index (χ1) is 4.41. The molecular weight excluding hydrogens is 127 g/mol. The zero-order valence-electron chi connectivity index (χ0n) is 6.27. The number of hydrogen-bond acceptors (Lipinski definition) is 0. The maximum atomic E-state index is 2.58. The molecule has 0 saturated carbocycles. The highest BCUT2D eigenvalue weighted by Gasteiger charge is 1.87. The van der Waals surface area contributed by atoms with E-state index in [9.17, 15) is 0 Å². The van der Waals surface area contributed by atoms with Gasteiger partial charge in [-0.2, -0.15) is 0 Å². The van der Waals surface area contributed by atoms with Crippen molar-refractivity contribution < 1.29 is 0 Å². The van der Waals surface area contributed by atoms with Gasteiger partial charge in [0.15, 0.2) is 0 Å². The summed E-state index contributed by atoms with van der Waals surface area (Å²) < 4.78 is 0. The van der Waals surface area contributed by atoms with Crippen molar-refractivity contribution in [3.8, 4) is 0 Å². The largest absolute Gasteiger partial charge is 0.138 e. The van der Waals surface area contributed by atoms with E-state index in [4.69, 9.17) is 0 Å². The fraction of sp³-hybridized carbons (Fsp3) is 0.750. The Kier molecular flexibility index (Phi) is 8.32. The third-order valence-electron chi connectivity index (χ3n) is 1.16. The molecule has 0 heterocycles. The van der Waals surface area contributed by atoms with E-state index in [0.29, 0.717) is 0 Å². The number of allylic oxidation sites excluding steroid dienone is 2. The fourth-order valence-electron chi connectivity index (χ4n) is 0.760. The maximum absolute atomic E-state index is 2.58. The second-order valence-corrected chi connectivity index (χ2v) is 2.98. The van der Waals surface area contributed by atoms with Gasteiger partial charge in [0, 0.05) is 0 Å². The molecule has 0 aromatic carbocycles. The van der Waals surface area contributed by atoms with E-state index in [2.05, 4.69) is 28.3 Å². The molecule has 0 aliphatic heterocycles. The topological polar surface area (TPSA) is 0 Å². The summed E-state index contributed by atoms with van der Waals surface area (Å²) in [4.78, 5) is 0. The summed E-state index contributed by atoms with van der Waals surface area (Å²) in [7, 11) is 2.58. The van der Waals surface area contributed by atoms with Gasteiger partial charge in [0.25, 0.3) is 0 Å². The third-order valence-corrected chi connectivity index (χ3v) is 1.16. The summed E-state index contributed by atoms with van der Waals surface area (Å²) in [6, 6.07) is 0. The minimum atomic E-state index is 1.17. The van der Waals surface area contributed by atoms with Crippen LogP contribution in [0.15, 0.2) is 12.2 Å². The lowest BCUT2D eigenvalue weighted by Crippen LogP contribution is -1.77. The van der Waals surface area contributed by atoms with E-state index >= 15 is 0 Å². The predicted octanol–water partition coefficient (Wildman–Crippen LogP) is 3.00. The molecule has 0 saturated heterocycles. The van der Waals surface area contributed by atoms with Gasteiger partial charge in [-0.3, -0.25) is 0 Å². The van der Waals surface area contributed by atoms with Crippen LogP contribution in [0.25, 0.3) is 0 Å². The van der Waals surface area contributed by atoms with Crippen LogP contribution in [0.5, 0.6) is 0 Å². The summed E-state index contributed by atoms with van der Waals surface area (Å²) in [6.45, 7) is 2.09. The minimum Gasteiger partial charge on any atom is -0.138 e. The molecule has 0 bridgehead atoms. The van der Waals surface area contributed by atoms with Crippen LogP contribution in [0.4, 0.5) is 0 Å². The van der Waals surface area contributed by atoms with E-state index in [1.165, 1.54) is 31.8 Å². The minimum absolute atomic E-state index is 1.17. The van der Waals surface area contributed by atoms with Crippen molar-refractivity contribution >= 4 is 9.24 Å². The lowest BCUT2D eigenvalue weighted by atomic mass is 10.1. The Morgan fingerprint density at radius 3 is 1.67 bits per heavy atom. The molecule has 0 N–H and O–H groups in total. The van der Waals surface area contributed by atoms with Crippen molar-refractivity contribution in [1.29, 1.82) is 0 Å². The van der Waals surface area contributed by atoms with E-state index in [-0.39, 0.29) is 0 Å². The molecule has 0 spiro atoms. The number of hydrogen-bond donors (Lipinski definition) is 0. The van der Waals surface area contributed by atoms with Crippen LogP contribution in [0, 0.1) is 0 Å². The van der Waals surface area contributed by atoms with Crippen LogP contribution in [-0.2, 0) is 0 Å². The van der Waals surface area contributed by atoms with Gasteiger partial charge in [-0.25, -0.2) is 0 Å². The van der Waals surface area contributed by atoms with Gasteiger partial charge < -0.3 is 0 Å².